The number of hydrogen-bond acceptors (Lipinski definition) is 7. The van der Waals surface area contributed by atoms with Crippen LogP contribution in [0, 0.1) is 6.92 Å². The zero-order valence-corrected chi connectivity index (χ0v) is 20.5. The third kappa shape index (κ3) is 4.11. The lowest BCUT2D eigenvalue weighted by Gasteiger charge is -2.24. The molecule has 3 heterocycles. The van der Waals surface area contributed by atoms with E-state index in [1.807, 2.05) is 48.7 Å². The van der Waals surface area contributed by atoms with Crippen molar-refractivity contribution < 1.29 is 28.9 Å². The third-order valence-electron chi connectivity index (χ3n) is 6.24. The van der Waals surface area contributed by atoms with Gasteiger partial charge in [-0.25, -0.2) is 0 Å². The van der Waals surface area contributed by atoms with E-state index >= 15 is 0 Å². The number of ether oxygens (including phenoxy) is 3. The molecule has 0 aliphatic carbocycles. The first-order valence-corrected chi connectivity index (χ1v) is 12.5. The van der Waals surface area contributed by atoms with E-state index in [0.717, 1.165) is 10.4 Å². The molecule has 4 aromatic rings. The lowest BCUT2D eigenvalue weighted by Crippen LogP contribution is -2.29. The molecule has 6 rings (SSSR count). The van der Waals surface area contributed by atoms with Crippen molar-refractivity contribution in [3.05, 3.63) is 106 Å². The van der Waals surface area contributed by atoms with Crippen molar-refractivity contribution in [2.45, 2.75) is 13.0 Å². The number of ketones is 1. The maximum absolute atomic E-state index is 13.3. The highest BCUT2D eigenvalue weighted by Crippen LogP contribution is 2.45. The van der Waals surface area contributed by atoms with Gasteiger partial charge in [-0.1, -0.05) is 18.2 Å². The average molecular weight is 512 g/mol. The average Bonchev–Trinajstić information content (AvgIpc) is 3.64. The maximum Gasteiger partial charge on any atom is 0.300 e. The Morgan fingerprint density at radius 2 is 1.76 bits per heavy atom. The largest absolute Gasteiger partial charge is 0.507 e. The van der Waals surface area contributed by atoms with Gasteiger partial charge in [0.15, 0.2) is 11.5 Å². The molecule has 1 atom stereocenters. The van der Waals surface area contributed by atoms with Crippen LogP contribution in [0.15, 0.2) is 89.8 Å². The van der Waals surface area contributed by atoms with Crippen molar-refractivity contribution >= 4 is 34.5 Å². The van der Waals surface area contributed by atoms with Crippen molar-refractivity contribution in [3.63, 3.8) is 0 Å². The number of carbonyl (C=O) groups excluding carboxylic acids is 2. The van der Waals surface area contributed by atoms with Crippen LogP contribution in [0.1, 0.15) is 22.0 Å². The number of aliphatic hydroxyl groups excluding tert-OH is 1. The van der Waals surface area contributed by atoms with Crippen LogP contribution in [0.5, 0.6) is 23.0 Å². The molecule has 0 spiro atoms. The normalized spacial score (nSPS) is 17.9. The van der Waals surface area contributed by atoms with Crippen LogP contribution in [0.3, 0.4) is 0 Å². The fourth-order valence-electron chi connectivity index (χ4n) is 4.50. The van der Waals surface area contributed by atoms with Crippen molar-refractivity contribution in [2.24, 2.45) is 0 Å². The molecule has 0 radical (unpaired) electrons. The molecule has 1 saturated heterocycles. The van der Waals surface area contributed by atoms with Crippen molar-refractivity contribution in [1.82, 2.24) is 0 Å². The predicted molar refractivity (Wildman–Crippen MR) is 139 cm³/mol. The molecule has 1 N–H and O–H groups in total. The number of aliphatic hydroxyl groups is 1. The van der Waals surface area contributed by atoms with Crippen LogP contribution in [0.4, 0.5) is 5.69 Å². The number of Topliss-reactive ketones (excluding diaryl/α,β-unsaturated/α-hetero) is 1. The molecule has 8 heteroatoms. The quantitative estimate of drug-likeness (QED) is 0.195. The standard InChI is InChI=1S/C29H21NO6S/c1-17-4-2-5-21(14-17)36-20-10-8-19(9-11-20)30-26(24-6-3-13-37-24)25(28(32)29(30)33)27(31)18-7-12-22-23(15-18)35-16-34-22/h2-15,26,31H,16H2,1H3/b27-25-. The van der Waals surface area contributed by atoms with Crippen LogP contribution in [0.2, 0.25) is 0 Å². The molecular formula is C29H21NO6S. The van der Waals surface area contributed by atoms with Crippen molar-refractivity contribution in [2.75, 3.05) is 11.7 Å². The zero-order chi connectivity index (χ0) is 25.5. The molecule has 0 saturated carbocycles. The third-order valence-corrected chi connectivity index (χ3v) is 7.17. The Bertz CT molecular complexity index is 1540. The lowest BCUT2D eigenvalue weighted by molar-refractivity contribution is -0.132. The van der Waals surface area contributed by atoms with Gasteiger partial charge in [-0.15, -0.1) is 11.3 Å². The summed E-state index contributed by atoms with van der Waals surface area (Å²) in [4.78, 5) is 28.8. The van der Waals surface area contributed by atoms with E-state index in [1.54, 1.807) is 42.5 Å². The highest BCUT2D eigenvalue weighted by atomic mass is 32.1. The number of fused-ring (bicyclic) bond motifs is 1. The van der Waals surface area contributed by atoms with Gasteiger partial charge in [-0.2, -0.15) is 0 Å². The number of nitrogens with zero attached hydrogens (tertiary/aromatic N) is 1. The highest BCUT2D eigenvalue weighted by molar-refractivity contribution is 7.10. The van der Waals surface area contributed by atoms with Gasteiger partial charge >= 0.3 is 0 Å². The smallest absolute Gasteiger partial charge is 0.300 e. The Morgan fingerprint density at radius 1 is 0.946 bits per heavy atom. The van der Waals surface area contributed by atoms with Gasteiger partial charge in [0.05, 0.1) is 5.57 Å². The highest BCUT2D eigenvalue weighted by Gasteiger charge is 2.47. The van der Waals surface area contributed by atoms with Crippen LogP contribution in [0.25, 0.3) is 5.76 Å². The molecular weight excluding hydrogens is 490 g/mol. The van der Waals surface area contributed by atoms with E-state index in [2.05, 4.69) is 0 Å². The SMILES string of the molecule is Cc1cccc(Oc2ccc(N3C(=O)C(=O)/C(=C(\O)c4ccc5c(c4)OCO5)C3c3cccs3)cc2)c1. The van der Waals surface area contributed by atoms with E-state index in [1.165, 1.54) is 16.2 Å². The van der Waals surface area contributed by atoms with Gasteiger partial charge < -0.3 is 19.3 Å². The predicted octanol–water partition coefficient (Wildman–Crippen LogP) is 6.20. The number of benzene rings is 3. The minimum Gasteiger partial charge on any atom is -0.507 e. The molecule has 3 aromatic carbocycles. The molecule has 2 aliphatic rings. The maximum atomic E-state index is 13.3. The number of carbonyl (C=O) groups is 2. The van der Waals surface area contributed by atoms with Crippen LogP contribution < -0.4 is 19.1 Å². The number of thiophene rings is 1. The van der Waals surface area contributed by atoms with Crippen LogP contribution >= 0.6 is 11.3 Å². The van der Waals surface area contributed by atoms with E-state index in [4.69, 9.17) is 14.2 Å². The fraction of sp³-hybridized carbons (Fsp3) is 0.103. The Balaban J connectivity index is 1.39. The van der Waals surface area contributed by atoms with Crippen LogP contribution in [-0.2, 0) is 9.59 Å². The van der Waals surface area contributed by atoms with Gasteiger partial charge in [0.2, 0.25) is 6.79 Å². The summed E-state index contributed by atoms with van der Waals surface area (Å²) in [5.74, 6) is 0.586. The number of hydrogen-bond donors (Lipinski definition) is 1. The van der Waals surface area contributed by atoms with E-state index in [9.17, 15) is 14.7 Å². The Labute approximate surface area is 216 Å². The molecule has 1 amide bonds. The monoisotopic (exact) mass is 511 g/mol. The first-order chi connectivity index (χ1) is 18.0. The Morgan fingerprint density at radius 3 is 2.51 bits per heavy atom. The second-order valence-electron chi connectivity index (χ2n) is 8.67. The summed E-state index contributed by atoms with van der Waals surface area (Å²) in [6.45, 7) is 2.07. The fourth-order valence-corrected chi connectivity index (χ4v) is 5.33. The molecule has 1 aromatic heterocycles. The molecule has 2 aliphatic heterocycles. The van der Waals surface area contributed by atoms with E-state index in [-0.39, 0.29) is 18.1 Å². The second-order valence-corrected chi connectivity index (χ2v) is 9.64. The first-order valence-electron chi connectivity index (χ1n) is 11.6. The number of rotatable bonds is 5. The summed E-state index contributed by atoms with van der Waals surface area (Å²) >= 11 is 1.40. The molecule has 0 bridgehead atoms. The van der Waals surface area contributed by atoms with Gasteiger partial charge in [0.25, 0.3) is 11.7 Å². The van der Waals surface area contributed by atoms with Crippen molar-refractivity contribution in [3.8, 4) is 23.0 Å². The lowest BCUT2D eigenvalue weighted by atomic mass is 9.99. The van der Waals surface area contributed by atoms with E-state index < -0.39 is 17.7 Å². The topological polar surface area (TPSA) is 85.3 Å². The summed E-state index contributed by atoms with van der Waals surface area (Å²) < 4.78 is 16.7. The number of anilines is 1. The van der Waals surface area contributed by atoms with Gasteiger partial charge in [-0.3, -0.25) is 14.5 Å². The molecule has 184 valence electrons. The summed E-state index contributed by atoms with van der Waals surface area (Å²) in [5, 5.41) is 13.1. The van der Waals surface area contributed by atoms with Crippen LogP contribution in [-0.4, -0.2) is 23.6 Å². The minimum atomic E-state index is -0.783. The van der Waals surface area contributed by atoms with Gasteiger partial charge in [-0.05, 0) is 78.5 Å². The molecule has 7 nitrogen and oxygen atoms in total. The molecule has 1 fully saturated rings. The summed E-state index contributed by atoms with van der Waals surface area (Å²) in [5.41, 5.74) is 1.98. The molecule has 37 heavy (non-hydrogen) atoms. The van der Waals surface area contributed by atoms with Gasteiger partial charge in [0, 0.05) is 16.1 Å². The minimum absolute atomic E-state index is 0.0198. The number of amides is 1. The Hall–Kier alpha value is -4.56. The molecule has 1 unspecified atom stereocenters. The Kier molecular flexibility index (Phi) is 5.65. The second kappa shape index (κ2) is 9.15. The zero-order valence-electron chi connectivity index (χ0n) is 19.7. The van der Waals surface area contributed by atoms with Gasteiger partial charge in [0.1, 0.15) is 23.3 Å². The van der Waals surface area contributed by atoms with E-state index in [0.29, 0.717) is 34.2 Å². The van der Waals surface area contributed by atoms with Crippen molar-refractivity contribution in [1.29, 1.82) is 0 Å². The summed E-state index contributed by atoms with van der Waals surface area (Å²) in [7, 11) is 0. The summed E-state index contributed by atoms with van der Waals surface area (Å²) in [6, 6.07) is 22.5. The first kappa shape index (κ1) is 22.9. The summed E-state index contributed by atoms with van der Waals surface area (Å²) in [6.07, 6.45) is 0. The number of aryl methyl sites for hydroxylation is 1.